The van der Waals surface area contributed by atoms with Gasteiger partial charge in [0.05, 0.1) is 0 Å². The summed E-state index contributed by atoms with van der Waals surface area (Å²) < 4.78 is 0. The van der Waals surface area contributed by atoms with Crippen molar-refractivity contribution in [3.63, 3.8) is 0 Å². The molecule has 110 valence electrons. The molecule has 2 nitrogen and oxygen atoms in total. The Hall–Kier alpha value is -0.0800. The van der Waals surface area contributed by atoms with E-state index in [0.29, 0.717) is 0 Å². The van der Waals surface area contributed by atoms with E-state index >= 15 is 0 Å². The molecular weight excluding hydrogens is 232 g/mol. The van der Waals surface area contributed by atoms with E-state index < -0.39 is 0 Å². The smallest absolute Gasteiger partial charge is 0.0107 e. The van der Waals surface area contributed by atoms with E-state index in [2.05, 4.69) is 24.1 Å². The number of likely N-dealkylation sites (tertiary alicyclic amines) is 1. The van der Waals surface area contributed by atoms with Gasteiger partial charge in [0, 0.05) is 19.1 Å². The van der Waals surface area contributed by atoms with Crippen molar-refractivity contribution < 1.29 is 0 Å². The Kier molecular flexibility index (Phi) is 4.48. The van der Waals surface area contributed by atoms with Gasteiger partial charge in [-0.05, 0) is 75.8 Å². The zero-order valence-corrected chi connectivity index (χ0v) is 12.9. The molecule has 0 radical (unpaired) electrons. The minimum atomic E-state index is 0.749. The van der Waals surface area contributed by atoms with E-state index in [-0.39, 0.29) is 0 Å². The van der Waals surface area contributed by atoms with E-state index in [0.717, 1.165) is 29.7 Å². The van der Waals surface area contributed by atoms with Crippen LogP contribution < -0.4 is 5.32 Å². The van der Waals surface area contributed by atoms with Crippen LogP contribution in [0.5, 0.6) is 0 Å². The average molecular weight is 264 g/mol. The molecule has 3 fully saturated rings. The lowest BCUT2D eigenvalue weighted by molar-refractivity contribution is 0.185. The molecule has 0 aromatic heterocycles. The van der Waals surface area contributed by atoms with Gasteiger partial charge < -0.3 is 10.2 Å². The van der Waals surface area contributed by atoms with Gasteiger partial charge in [-0.25, -0.2) is 0 Å². The Balaban J connectivity index is 1.34. The molecule has 2 bridgehead atoms. The summed E-state index contributed by atoms with van der Waals surface area (Å²) in [5.74, 6) is 4.09. The fraction of sp³-hybridized carbons (Fsp3) is 1.00. The Bertz CT molecular complexity index is 283. The van der Waals surface area contributed by atoms with Gasteiger partial charge in [0.1, 0.15) is 0 Å². The highest BCUT2D eigenvalue weighted by molar-refractivity contribution is 4.94. The third kappa shape index (κ3) is 3.33. The molecule has 4 atom stereocenters. The fourth-order valence-corrected chi connectivity index (χ4v) is 4.79. The molecule has 0 spiro atoms. The van der Waals surface area contributed by atoms with Crippen molar-refractivity contribution in [2.75, 3.05) is 26.2 Å². The van der Waals surface area contributed by atoms with Gasteiger partial charge in [-0.15, -0.1) is 0 Å². The SMILES string of the molecule is CC1CCN(CCNC(C)C2CC3CCC2C3)CC1. The molecule has 0 aromatic carbocycles. The number of hydrogen-bond acceptors (Lipinski definition) is 2. The Morgan fingerprint density at radius 1 is 1.11 bits per heavy atom. The predicted octanol–water partition coefficient (Wildman–Crippen LogP) is 3.13. The first kappa shape index (κ1) is 13.9. The van der Waals surface area contributed by atoms with E-state index in [9.17, 15) is 0 Å². The number of hydrogen-bond donors (Lipinski definition) is 1. The maximum Gasteiger partial charge on any atom is 0.0107 e. The number of nitrogens with one attached hydrogen (secondary N) is 1. The van der Waals surface area contributed by atoms with Crippen LogP contribution in [0.1, 0.15) is 52.4 Å². The van der Waals surface area contributed by atoms with Gasteiger partial charge in [0.15, 0.2) is 0 Å². The number of nitrogens with zero attached hydrogens (tertiary/aromatic N) is 1. The summed E-state index contributed by atoms with van der Waals surface area (Å²) in [6.07, 6.45) is 8.91. The van der Waals surface area contributed by atoms with Crippen LogP contribution in [0.3, 0.4) is 0 Å². The van der Waals surface area contributed by atoms with Gasteiger partial charge in [-0.3, -0.25) is 0 Å². The lowest BCUT2D eigenvalue weighted by Gasteiger charge is -2.32. The fourth-order valence-electron chi connectivity index (χ4n) is 4.79. The summed E-state index contributed by atoms with van der Waals surface area (Å²) >= 11 is 0. The highest BCUT2D eigenvalue weighted by Gasteiger charge is 2.41. The Morgan fingerprint density at radius 3 is 2.53 bits per heavy atom. The maximum absolute atomic E-state index is 3.83. The summed E-state index contributed by atoms with van der Waals surface area (Å²) in [6.45, 7) is 9.94. The summed E-state index contributed by atoms with van der Waals surface area (Å²) in [5, 5.41) is 3.83. The lowest BCUT2D eigenvalue weighted by atomic mass is 9.84. The van der Waals surface area contributed by atoms with Crippen molar-refractivity contribution in [1.29, 1.82) is 0 Å². The quantitative estimate of drug-likeness (QED) is 0.821. The van der Waals surface area contributed by atoms with Crippen LogP contribution in [0.25, 0.3) is 0 Å². The first-order valence-corrected chi connectivity index (χ1v) is 8.68. The van der Waals surface area contributed by atoms with Crippen molar-refractivity contribution in [3.05, 3.63) is 0 Å². The third-order valence-electron chi connectivity index (χ3n) is 6.21. The molecule has 4 unspecified atom stereocenters. The van der Waals surface area contributed by atoms with Crippen LogP contribution in [0.2, 0.25) is 0 Å². The van der Waals surface area contributed by atoms with Crippen LogP contribution in [0.4, 0.5) is 0 Å². The van der Waals surface area contributed by atoms with Gasteiger partial charge >= 0.3 is 0 Å². The minimum Gasteiger partial charge on any atom is -0.313 e. The van der Waals surface area contributed by atoms with E-state index in [1.54, 1.807) is 6.42 Å². The second kappa shape index (κ2) is 6.13. The van der Waals surface area contributed by atoms with Crippen molar-refractivity contribution in [3.8, 4) is 0 Å². The topological polar surface area (TPSA) is 15.3 Å². The van der Waals surface area contributed by atoms with Gasteiger partial charge in [0.2, 0.25) is 0 Å². The number of piperidine rings is 1. The van der Waals surface area contributed by atoms with Crippen molar-refractivity contribution in [1.82, 2.24) is 10.2 Å². The molecule has 1 N–H and O–H groups in total. The zero-order chi connectivity index (χ0) is 13.2. The largest absolute Gasteiger partial charge is 0.313 e. The van der Waals surface area contributed by atoms with Crippen LogP contribution in [-0.2, 0) is 0 Å². The second-order valence-corrected chi connectivity index (χ2v) is 7.61. The molecule has 3 aliphatic rings. The molecule has 2 heteroatoms. The molecule has 1 aliphatic heterocycles. The second-order valence-electron chi connectivity index (χ2n) is 7.61. The van der Waals surface area contributed by atoms with Crippen molar-refractivity contribution in [2.45, 2.75) is 58.4 Å². The third-order valence-corrected chi connectivity index (χ3v) is 6.21. The first-order chi connectivity index (χ1) is 9.22. The lowest BCUT2D eigenvalue weighted by Crippen LogP contribution is -2.42. The average Bonchev–Trinajstić information content (AvgIpc) is 3.03. The summed E-state index contributed by atoms with van der Waals surface area (Å²) in [7, 11) is 0. The first-order valence-electron chi connectivity index (χ1n) is 8.68. The Morgan fingerprint density at radius 2 is 1.89 bits per heavy atom. The molecule has 3 rings (SSSR count). The zero-order valence-electron chi connectivity index (χ0n) is 12.9. The van der Waals surface area contributed by atoms with Gasteiger partial charge in [0.25, 0.3) is 0 Å². The van der Waals surface area contributed by atoms with Gasteiger partial charge in [-0.1, -0.05) is 13.3 Å². The van der Waals surface area contributed by atoms with E-state index in [1.165, 1.54) is 58.3 Å². The highest BCUT2D eigenvalue weighted by atomic mass is 15.1. The van der Waals surface area contributed by atoms with Crippen LogP contribution in [0, 0.1) is 23.7 Å². The van der Waals surface area contributed by atoms with Crippen molar-refractivity contribution in [2.24, 2.45) is 23.7 Å². The molecule has 2 aliphatic carbocycles. The maximum atomic E-state index is 3.83. The molecule has 19 heavy (non-hydrogen) atoms. The number of rotatable bonds is 5. The normalized spacial score (nSPS) is 37.9. The van der Waals surface area contributed by atoms with Gasteiger partial charge in [-0.2, -0.15) is 0 Å². The number of fused-ring (bicyclic) bond motifs is 2. The molecule has 0 amide bonds. The van der Waals surface area contributed by atoms with Crippen LogP contribution >= 0.6 is 0 Å². The molecular formula is C17H32N2. The summed E-state index contributed by atoms with van der Waals surface area (Å²) in [6, 6.07) is 0.749. The summed E-state index contributed by atoms with van der Waals surface area (Å²) in [4.78, 5) is 2.65. The van der Waals surface area contributed by atoms with Crippen LogP contribution in [0.15, 0.2) is 0 Å². The Labute approximate surface area is 119 Å². The monoisotopic (exact) mass is 264 g/mol. The highest BCUT2D eigenvalue weighted by Crippen LogP contribution is 2.49. The summed E-state index contributed by atoms with van der Waals surface area (Å²) in [5.41, 5.74) is 0. The molecule has 1 saturated heterocycles. The van der Waals surface area contributed by atoms with E-state index in [1.807, 2.05) is 0 Å². The van der Waals surface area contributed by atoms with Crippen molar-refractivity contribution >= 4 is 0 Å². The van der Waals surface area contributed by atoms with Crippen LogP contribution in [-0.4, -0.2) is 37.1 Å². The standard InChI is InChI=1S/C17H32N2/c1-13-5-8-19(9-6-13)10-7-18-14(2)17-12-15-3-4-16(17)11-15/h13-18H,3-12H2,1-2H3. The molecule has 1 heterocycles. The predicted molar refractivity (Wildman–Crippen MR) is 81.2 cm³/mol. The molecule has 2 saturated carbocycles. The minimum absolute atomic E-state index is 0.749. The van der Waals surface area contributed by atoms with E-state index in [4.69, 9.17) is 0 Å². The molecule has 0 aromatic rings.